The molecular formula is C15H22N2O2. The minimum Gasteiger partial charge on any atom is -0.394 e. The first-order chi connectivity index (χ1) is 9.17. The van der Waals surface area contributed by atoms with Gasteiger partial charge in [-0.3, -0.25) is 4.79 Å². The third-order valence-corrected chi connectivity index (χ3v) is 3.84. The summed E-state index contributed by atoms with van der Waals surface area (Å²) < 4.78 is 0. The van der Waals surface area contributed by atoms with Gasteiger partial charge in [0.2, 0.25) is 0 Å². The van der Waals surface area contributed by atoms with Crippen LogP contribution in [-0.2, 0) is 0 Å². The first-order valence-electron chi connectivity index (χ1n) is 6.87. The minimum atomic E-state index is -0.0227. The summed E-state index contributed by atoms with van der Waals surface area (Å²) in [7, 11) is 1.87. The number of hydrogen-bond donors (Lipinski definition) is 2. The molecule has 0 radical (unpaired) electrons. The second kappa shape index (κ2) is 6.06. The predicted molar refractivity (Wildman–Crippen MR) is 76.5 cm³/mol. The number of amides is 1. The molecule has 4 heteroatoms. The van der Waals surface area contributed by atoms with E-state index in [1.165, 1.54) is 0 Å². The van der Waals surface area contributed by atoms with Crippen LogP contribution >= 0.6 is 0 Å². The zero-order valence-corrected chi connectivity index (χ0v) is 11.6. The average molecular weight is 262 g/mol. The van der Waals surface area contributed by atoms with E-state index in [4.69, 9.17) is 0 Å². The van der Waals surface area contributed by atoms with E-state index < -0.39 is 0 Å². The Labute approximate surface area is 114 Å². The van der Waals surface area contributed by atoms with Crippen LogP contribution in [0.3, 0.4) is 0 Å². The SMILES string of the molecule is CNc1ccc(C(=O)N2CCCCC2CO)cc1C. The van der Waals surface area contributed by atoms with Crippen LogP contribution in [0.15, 0.2) is 18.2 Å². The van der Waals surface area contributed by atoms with Gasteiger partial charge in [0.1, 0.15) is 0 Å². The Morgan fingerprint density at radius 2 is 2.26 bits per heavy atom. The van der Waals surface area contributed by atoms with Crippen LogP contribution in [0.2, 0.25) is 0 Å². The third-order valence-electron chi connectivity index (χ3n) is 3.84. The van der Waals surface area contributed by atoms with Crippen LogP contribution in [-0.4, -0.2) is 42.2 Å². The maximum atomic E-state index is 12.5. The van der Waals surface area contributed by atoms with Gasteiger partial charge in [-0.25, -0.2) is 0 Å². The van der Waals surface area contributed by atoms with E-state index in [1.807, 2.05) is 37.1 Å². The summed E-state index contributed by atoms with van der Waals surface area (Å²) in [5.41, 5.74) is 2.80. The van der Waals surface area contributed by atoms with E-state index in [1.54, 1.807) is 0 Å². The number of aryl methyl sites for hydroxylation is 1. The summed E-state index contributed by atoms with van der Waals surface area (Å²) in [4.78, 5) is 14.3. The summed E-state index contributed by atoms with van der Waals surface area (Å²) in [5, 5.41) is 12.5. The normalized spacial score (nSPS) is 19.3. The van der Waals surface area contributed by atoms with Gasteiger partial charge in [-0.2, -0.15) is 0 Å². The van der Waals surface area contributed by atoms with Crippen molar-refractivity contribution in [3.63, 3.8) is 0 Å². The average Bonchev–Trinajstić information content (AvgIpc) is 2.46. The lowest BCUT2D eigenvalue weighted by atomic mass is 10.0. The van der Waals surface area contributed by atoms with Crippen LogP contribution < -0.4 is 5.32 Å². The summed E-state index contributed by atoms with van der Waals surface area (Å²) in [6.07, 6.45) is 3.01. The fourth-order valence-corrected chi connectivity index (χ4v) is 2.70. The van der Waals surface area contributed by atoms with Crippen molar-refractivity contribution >= 4 is 11.6 Å². The Balaban J connectivity index is 2.20. The molecule has 104 valence electrons. The van der Waals surface area contributed by atoms with Crippen molar-refractivity contribution in [2.45, 2.75) is 32.2 Å². The number of anilines is 1. The number of rotatable bonds is 3. The minimum absolute atomic E-state index is 0.0227. The van der Waals surface area contributed by atoms with Crippen LogP contribution in [0.1, 0.15) is 35.2 Å². The van der Waals surface area contributed by atoms with Crippen molar-refractivity contribution in [3.8, 4) is 0 Å². The molecule has 1 saturated heterocycles. The summed E-state index contributed by atoms with van der Waals surface area (Å²) in [6.45, 7) is 2.79. The fraction of sp³-hybridized carbons (Fsp3) is 0.533. The van der Waals surface area contributed by atoms with Crippen LogP contribution in [0.5, 0.6) is 0 Å². The number of nitrogens with one attached hydrogen (secondary N) is 1. The molecule has 19 heavy (non-hydrogen) atoms. The van der Waals surface area contributed by atoms with E-state index in [0.717, 1.165) is 37.1 Å². The van der Waals surface area contributed by atoms with Gasteiger partial charge in [0, 0.05) is 24.8 Å². The number of likely N-dealkylation sites (tertiary alicyclic amines) is 1. The van der Waals surface area contributed by atoms with Gasteiger partial charge in [-0.1, -0.05) is 0 Å². The number of hydrogen-bond acceptors (Lipinski definition) is 3. The molecule has 0 aromatic heterocycles. The number of aliphatic hydroxyl groups is 1. The van der Waals surface area contributed by atoms with Gasteiger partial charge in [-0.15, -0.1) is 0 Å². The Kier molecular flexibility index (Phi) is 4.43. The van der Waals surface area contributed by atoms with Crippen molar-refractivity contribution in [2.75, 3.05) is 25.5 Å². The smallest absolute Gasteiger partial charge is 0.254 e. The van der Waals surface area contributed by atoms with Crippen molar-refractivity contribution < 1.29 is 9.90 Å². The monoisotopic (exact) mass is 262 g/mol. The molecule has 0 spiro atoms. The molecule has 1 aromatic carbocycles. The molecule has 1 amide bonds. The molecule has 1 aliphatic rings. The van der Waals surface area contributed by atoms with Crippen LogP contribution in [0, 0.1) is 6.92 Å². The van der Waals surface area contributed by atoms with E-state index in [0.29, 0.717) is 5.56 Å². The Morgan fingerprint density at radius 1 is 1.47 bits per heavy atom. The second-order valence-electron chi connectivity index (χ2n) is 5.11. The molecule has 0 bridgehead atoms. The number of nitrogens with zero attached hydrogens (tertiary/aromatic N) is 1. The van der Waals surface area contributed by atoms with E-state index in [9.17, 15) is 9.90 Å². The number of benzene rings is 1. The number of carbonyl (C=O) groups is 1. The Bertz CT molecular complexity index is 459. The molecule has 1 aliphatic heterocycles. The van der Waals surface area contributed by atoms with E-state index in [2.05, 4.69) is 5.32 Å². The maximum Gasteiger partial charge on any atom is 0.254 e. The van der Waals surface area contributed by atoms with Crippen molar-refractivity contribution in [3.05, 3.63) is 29.3 Å². The molecule has 1 unspecified atom stereocenters. The van der Waals surface area contributed by atoms with Crippen LogP contribution in [0.25, 0.3) is 0 Å². The van der Waals surface area contributed by atoms with Gasteiger partial charge < -0.3 is 15.3 Å². The molecule has 1 heterocycles. The number of piperidine rings is 1. The number of aliphatic hydroxyl groups excluding tert-OH is 1. The molecule has 0 aliphatic carbocycles. The van der Waals surface area contributed by atoms with E-state index >= 15 is 0 Å². The standard InChI is InChI=1S/C15H22N2O2/c1-11-9-12(6-7-14(11)16-2)15(19)17-8-4-3-5-13(17)10-18/h6-7,9,13,16,18H,3-5,8,10H2,1-2H3. The predicted octanol–water partition coefficient (Wildman–Crippen LogP) is 2.02. The van der Waals surface area contributed by atoms with Crippen molar-refractivity contribution in [1.82, 2.24) is 4.90 Å². The molecule has 2 N–H and O–H groups in total. The highest BCUT2D eigenvalue weighted by Gasteiger charge is 2.26. The molecule has 4 nitrogen and oxygen atoms in total. The van der Waals surface area contributed by atoms with Gasteiger partial charge in [0.25, 0.3) is 5.91 Å². The van der Waals surface area contributed by atoms with Crippen molar-refractivity contribution in [2.24, 2.45) is 0 Å². The Morgan fingerprint density at radius 3 is 2.89 bits per heavy atom. The lowest BCUT2D eigenvalue weighted by molar-refractivity contribution is 0.0503. The lowest BCUT2D eigenvalue weighted by Gasteiger charge is -2.34. The number of carbonyl (C=O) groups excluding carboxylic acids is 1. The molecule has 1 aromatic rings. The first kappa shape index (κ1) is 13.9. The summed E-state index contributed by atoms with van der Waals surface area (Å²) in [5.74, 6) is 0.0319. The summed E-state index contributed by atoms with van der Waals surface area (Å²) >= 11 is 0. The largest absolute Gasteiger partial charge is 0.394 e. The second-order valence-corrected chi connectivity index (χ2v) is 5.11. The first-order valence-corrected chi connectivity index (χ1v) is 6.87. The quantitative estimate of drug-likeness (QED) is 0.876. The highest BCUT2D eigenvalue weighted by atomic mass is 16.3. The molecular weight excluding hydrogens is 240 g/mol. The highest BCUT2D eigenvalue weighted by Crippen LogP contribution is 2.22. The summed E-state index contributed by atoms with van der Waals surface area (Å²) in [6, 6.07) is 5.67. The topological polar surface area (TPSA) is 52.6 Å². The fourth-order valence-electron chi connectivity index (χ4n) is 2.70. The lowest BCUT2D eigenvalue weighted by Crippen LogP contribution is -2.45. The van der Waals surface area contributed by atoms with Gasteiger partial charge in [0.15, 0.2) is 0 Å². The Hall–Kier alpha value is -1.55. The van der Waals surface area contributed by atoms with Gasteiger partial charge in [0.05, 0.1) is 12.6 Å². The zero-order chi connectivity index (χ0) is 13.8. The van der Waals surface area contributed by atoms with Gasteiger partial charge in [-0.05, 0) is 49.9 Å². The van der Waals surface area contributed by atoms with Gasteiger partial charge >= 0.3 is 0 Å². The molecule has 1 fully saturated rings. The maximum absolute atomic E-state index is 12.5. The molecule has 0 saturated carbocycles. The van der Waals surface area contributed by atoms with Crippen LogP contribution in [0.4, 0.5) is 5.69 Å². The van der Waals surface area contributed by atoms with E-state index in [-0.39, 0.29) is 18.6 Å². The molecule has 1 atom stereocenters. The highest BCUT2D eigenvalue weighted by molar-refractivity contribution is 5.95. The zero-order valence-electron chi connectivity index (χ0n) is 11.6. The molecule has 2 rings (SSSR count). The third kappa shape index (κ3) is 2.89. The van der Waals surface area contributed by atoms with Crippen molar-refractivity contribution in [1.29, 1.82) is 0 Å².